The molecule has 1 fully saturated rings. The lowest BCUT2D eigenvalue weighted by molar-refractivity contribution is 0.178. The molecule has 1 aromatic carbocycles. The van der Waals surface area contributed by atoms with Crippen LogP contribution >= 0.6 is 0 Å². The summed E-state index contributed by atoms with van der Waals surface area (Å²) in [5.74, 6) is 0. The Morgan fingerprint density at radius 1 is 1.42 bits per heavy atom. The molecule has 6 heteroatoms. The molecular weight excluding hydrogens is 264 g/mol. The van der Waals surface area contributed by atoms with Crippen molar-refractivity contribution in [1.29, 1.82) is 0 Å². The quantitative estimate of drug-likeness (QED) is 0.793. The molecule has 0 heterocycles. The molecule has 1 aliphatic rings. The molecule has 5 nitrogen and oxygen atoms in total. The van der Waals surface area contributed by atoms with Gasteiger partial charge in [0.25, 0.3) is 0 Å². The van der Waals surface area contributed by atoms with Gasteiger partial charge in [0.05, 0.1) is 11.5 Å². The summed E-state index contributed by atoms with van der Waals surface area (Å²) < 4.78 is 26.8. The smallest absolute Gasteiger partial charge is 0.243 e. The van der Waals surface area contributed by atoms with E-state index in [9.17, 15) is 8.42 Å². The predicted molar refractivity (Wildman–Crippen MR) is 74.2 cm³/mol. The molecule has 0 bridgehead atoms. The largest absolute Gasteiger partial charge is 0.399 e. The van der Waals surface area contributed by atoms with Gasteiger partial charge in [-0.2, -0.15) is 4.31 Å². The second-order valence-corrected chi connectivity index (χ2v) is 6.81. The number of benzene rings is 1. The zero-order valence-electron chi connectivity index (χ0n) is 11.0. The van der Waals surface area contributed by atoms with Crippen molar-refractivity contribution in [2.75, 3.05) is 18.9 Å². The van der Waals surface area contributed by atoms with Crippen molar-refractivity contribution < 1.29 is 13.5 Å². The molecular formula is C13H20N2O3S. The number of nitrogens with zero attached hydrogens (tertiary/aromatic N) is 1. The van der Waals surface area contributed by atoms with Crippen LogP contribution in [0.2, 0.25) is 0 Å². The Morgan fingerprint density at radius 2 is 2.11 bits per heavy atom. The van der Waals surface area contributed by atoms with Crippen LogP contribution in [-0.4, -0.2) is 37.0 Å². The summed E-state index contributed by atoms with van der Waals surface area (Å²) in [7, 11) is -3.58. The summed E-state index contributed by atoms with van der Waals surface area (Å²) in [4.78, 5) is 0.243. The third-order valence-corrected chi connectivity index (χ3v) is 5.70. The number of aliphatic hydroxyl groups is 1. The lowest BCUT2D eigenvalue weighted by atomic mass is 9.93. The zero-order chi connectivity index (χ0) is 14.0. The van der Waals surface area contributed by atoms with Crippen LogP contribution in [0.5, 0.6) is 0 Å². The number of nitrogen functional groups attached to an aromatic ring is 1. The molecule has 106 valence electrons. The molecule has 0 aliphatic heterocycles. The second-order valence-electron chi connectivity index (χ2n) is 4.95. The van der Waals surface area contributed by atoms with Crippen LogP contribution in [0.1, 0.15) is 24.8 Å². The van der Waals surface area contributed by atoms with E-state index in [1.807, 2.05) is 0 Å². The van der Waals surface area contributed by atoms with E-state index in [0.717, 1.165) is 19.3 Å². The first-order valence-electron chi connectivity index (χ1n) is 6.45. The van der Waals surface area contributed by atoms with E-state index in [1.165, 1.54) is 10.4 Å². The minimum absolute atomic E-state index is 0.0120. The number of hydrogen-bond acceptors (Lipinski definition) is 4. The summed E-state index contributed by atoms with van der Waals surface area (Å²) in [6, 6.07) is 4.90. The summed E-state index contributed by atoms with van der Waals surface area (Å²) in [6.07, 6.45) is 2.76. The average molecular weight is 284 g/mol. The maximum atomic E-state index is 12.7. The molecule has 0 saturated heterocycles. The summed E-state index contributed by atoms with van der Waals surface area (Å²) in [6.45, 7) is 1.72. The van der Waals surface area contributed by atoms with E-state index in [0.29, 0.717) is 11.3 Å². The SMILES string of the molecule is Cc1ccc(N)cc1S(=O)(=O)N(CCO)C1CCC1. The molecule has 1 saturated carbocycles. The number of sulfonamides is 1. The molecule has 0 aromatic heterocycles. The van der Waals surface area contributed by atoms with Gasteiger partial charge in [0.2, 0.25) is 10.0 Å². The minimum atomic E-state index is -3.58. The highest BCUT2D eigenvalue weighted by atomic mass is 32.2. The Balaban J connectivity index is 2.40. The maximum absolute atomic E-state index is 12.7. The normalized spacial score (nSPS) is 16.6. The molecule has 0 amide bonds. The van der Waals surface area contributed by atoms with E-state index >= 15 is 0 Å². The van der Waals surface area contributed by atoms with Gasteiger partial charge in [-0.05, 0) is 37.5 Å². The molecule has 19 heavy (non-hydrogen) atoms. The maximum Gasteiger partial charge on any atom is 0.243 e. The van der Waals surface area contributed by atoms with E-state index < -0.39 is 10.0 Å². The Hall–Kier alpha value is -1.11. The van der Waals surface area contributed by atoms with Gasteiger partial charge >= 0.3 is 0 Å². The lowest BCUT2D eigenvalue weighted by Gasteiger charge is -2.36. The fourth-order valence-electron chi connectivity index (χ4n) is 2.29. The fraction of sp³-hybridized carbons (Fsp3) is 0.538. The standard InChI is InChI=1S/C13H20N2O3S/c1-10-5-6-11(14)9-13(10)19(17,18)15(7-8-16)12-3-2-4-12/h5-6,9,12,16H,2-4,7-8,14H2,1H3. The highest BCUT2D eigenvalue weighted by Crippen LogP contribution is 2.31. The number of hydrogen-bond donors (Lipinski definition) is 2. The third kappa shape index (κ3) is 2.75. The van der Waals surface area contributed by atoms with Gasteiger partial charge in [-0.3, -0.25) is 0 Å². The van der Waals surface area contributed by atoms with Crippen LogP contribution in [0.25, 0.3) is 0 Å². The van der Waals surface area contributed by atoms with Gasteiger partial charge in [-0.25, -0.2) is 8.42 Å². The monoisotopic (exact) mass is 284 g/mol. The number of nitrogens with two attached hydrogens (primary N) is 1. The number of aryl methyl sites for hydroxylation is 1. The Labute approximate surface area is 114 Å². The molecule has 0 unspecified atom stereocenters. The van der Waals surface area contributed by atoms with Crippen LogP contribution in [0.15, 0.2) is 23.1 Å². The first kappa shape index (κ1) is 14.3. The van der Waals surface area contributed by atoms with E-state index in [4.69, 9.17) is 10.8 Å². The summed E-state index contributed by atoms with van der Waals surface area (Å²) >= 11 is 0. The van der Waals surface area contributed by atoms with Gasteiger partial charge in [-0.15, -0.1) is 0 Å². The van der Waals surface area contributed by atoms with Gasteiger partial charge in [0.15, 0.2) is 0 Å². The minimum Gasteiger partial charge on any atom is -0.399 e. The predicted octanol–water partition coefficient (Wildman–Crippen LogP) is 1.11. The van der Waals surface area contributed by atoms with Crippen LogP contribution < -0.4 is 5.73 Å². The van der Waals surface area contributed by atoms with Crippen molar-refractivity contribution in [3.05, 3.63) is 23.8 Å². The van der Waals surface area contributed by atoms with Crippen LogP contribution in [0.3, 0.4) is 0 Å². The second kappa shape index (κ2) is 5.48. The van der Waals surface area contributed by atoms with Crippen LogP contribution in [0, 0.1) is 6.92 Å². The van der Waals surface area contributed by atoms with E-state index in [-0.39, 0.29) is 24.1 Å². The topological polar surface area (TPSA) is 83.6 Å². The highest BCUT2D eigenvalue weighted by molar-refractivity contribution is 7.89. The van der Waals surface area contributed by atoms with Gasteiger partial charge < -0.3 is 10.8 Å². The summed E-state index contributed by atoms with van der Waals surface area (Å²) in [5, 5.41) is 9.11. The highest BCUT2D eigenvalue weighted by Gasteiger charge is 2.35. The van der Waals surface area contributed by atoms with Crippen molar-refractivity contribution in [1.82, 2.24) is 4.31 Å². The Kier molecular flexibility index (Phi) is 4.13. The zero-order valence-corrected chi connectivity index (χ0v) is 11.9. The molecule has 2 rings (SSSR count). The van der Waals surface area contributed by atoms with Crippen LogP contribution in [-0.2, 0) is 10.0 Å². The Morgan fingerprint density at radius 3 is 2.63 bits per heavy atom. The first-order chi connectivity index (χ1) is 8.96. The van der Waals surface area contributed by atoms with Gasteiger partial charge in [-0.1, -0.05) is 12.5 Å². The van der Waals surface area contributed by atoms with E-state index in [2.05, 4.69) is 0 Å². The average Bonchev–Trinajstić information content (AvgIpc) is 2.29. The van der Waals surface area contributed by atoms with Crippen molar-refractivity contribution in [2.45, 2.75) is 37.1 Å². The number of anilines is 1. The van der Waals surface area contributed by atoms with Crippen molar-refractivity contribution in [2.24, 2.45) is 0 Å². The Bertz CT molecular complexity index is 553. The number of rotatable bonds is 5. The van der Waals surface area contributed by atoms with Gasteiger partial charge in [0, 0.05) is 18.3 Å². The van der Waals surface area contributed by atoms with Crippen LogP contribution in [0.4, 0.5) is 5.69 Å². The molecule has 1 aliphatic carbocycles. The third-order valence-electron chi connectivity index (χ3n) is 3.60. The summed E-state index contributed by atoms with van der Waals surface area (Å²) in [5.41, 5.74) is 6.80. The molecule has 1 aromatic rings. The number of aliphatic hydroxyl groups excluding tert-OH is 1. The first-order valence-corrected chi connectivity index (χ1v) is 7.89. The van der Waals surface area contributed by atoms with Crippen molar-refractivity contribution in [3.8, 4) is 0 Å². The van der Waals surface area contributed by atoms with Gasteiger partial charge in [0.1, 0.15) is 0 Å². The van der Waals surface area contributed by atoms with E-state index in [1.54, 1.807) is 19.1 Å². The van der Waals surface area contributed by atoms with Crippen molar-refractivity contribution in [3.63, 3.8) is 0 Å². The molecule has 0 atom stereocenters. The molecule has 3 N–H and O–H groups in total. The molecule has 0 radical (unpaired) electrons. The lowest BCUT2D eigenvalue weighted by Crippen LogP contribution is -2.45. The molecule has 0 spiro atoms. The van der Waals surface area contributed by atoms with Crippen molar-refractivity contribution >= 4 is 15.7 Å². The fourth-order valence-corrected chi connectivity index (χ4v) is 4.23.